The minimum atomic E-state index is -0.758. The van der Waals surface area contributed by atoms with Gasteiger partial charge in [0.15, 0.2) is 0 Å². The molecule has 4 nitrogen and oxygen atoms in total. The lowest BCUT2D eigenvalue weighted by molar-refractivity contribution is -0.150. The summed E-state index contributed by atoms with van der Waals surface area (Å²) in [6, 6.07) is 1.11. The number of fused-ring (bicyclic) bond motifs is 1. The topological polar surface area (TPSA) is 43.8 Å². The minimum absolute atomic E-state index is 0.417. The molecular weight excluding hydrogens is 216 g/mol. The standard InChI is InChI=1S/C13H24N2O2/c1-13(2,12(16)17)14(3)10-6-8-15-7-4-5-11(15)9-10/h10-11H,4-9H2,1-3H3,(H,16,17). The number of hydrogen-bond acceptors (Lipinski definition) is 3. The lowest BCUT2D eigenvalue weighted by atomic mass is 9.92. The van der Waals surface area contributed by atoms with Gasteiger partial charge in [0.2, 0.25) is 0 Å². The molecule has 4 heteroatoms. The quantitative estimate of drug-likeness (QED) is 0.810. The molecule has 0 radical (unpaired) electrons. The van der Waals surface area contributed by atoms with E-state index in [1.54, 1.807) is 13.8 Å². The van der Waals surface area contributed by atoms with E-state index in [0.717, 1.165) is 19.4 Å². The van der Waals surface area contributed by atoms with Crippen LogP contribution in [-0.2, 0) is 4.79 Å². The van der Waals surface area contributed by atoms with Crippen LogP contribution in [0.3, 0.4) is 0 Å². The van der Waals surface area contributed by atoms with E-state index in [4.69, 9.17) is 0 Å². The highest BCUT2D eigenvalue weighted by molar-refractivity contribution is 5.77. The average Bonchev–Trinajstić information content (AvgIpc) is 2.74. The van der Waals surface area contributed by atoms with Crippen molar-refractivity contribution in [2.45, 2.75) is 57.2 Å². The van der Waals surface area contributed by atoms with Crippen molar-refractivity contribution in [3.63, 3.8) is 0 Å². The second-order valence-corrected chi connectivity index (χ2v) is 5.99. The predicted octanol–water partition coefficient (Wildman–Crippen LogP) is 1.41. The van der Waals surface area contributed by atoms with Crippen molar-refractivity contribution in [1.29, 1.82) is 0 Å². The molecule has 0 amide bonds. The van der Waals surface area contributed by atoms with E-state index in [1.807, 2.05) is 7.05 Å². The molecule has 17 heavy (non-hydrogen) atoms. The number of nitrogens with zero attached hydrogens (tertiary/aromatic N) is 2. The molecule has 0 aromatic heterocycles. The van der Waals surface area contributed by atoms with Crippen molar-refractivity contribution in [1.82, 2.24) is 9.80 Å². The number of carboxylic acids is 1. The van der Waals surface area contributed by atoms with Crippen LogP contribution < -0.4 is 0 Å². The summed E-state index contributed by atoms with van der Waals surface area (Å²) in [6.45, 7) is 5.98. The normalized spacial score (nSPS) is 30.6. The third-order valence-electron chi connectivity index (χ3n) is 4.75. The lowest BCUT2D eigenvalue weighted by Crippen LogP contribution is -2.56. The van der Waals surface area contributed by atoms with Crippen molar-refractivity contribution in [3.8, 4) is 0 Å². The molecule has 2 unspecified atom stereocenters. The largest absolute Gasteiger partial charge is 0.480 e. The molecule has 98 valence electrons. The number of rotatable bonds is 3. The number of piperidine rings is 1. The molecule has 0 aromatic carbocycles. The van der Waals surface area contributed by atoms with E-state index in [-0.39, 0.29) is 0 Å². The first kappa shape index (κ1) is 12.8. The first-order valence-electron chi connectivity index (χ1n) is 6.63. The fourth-order valence-corrected chi connectivity index (χ4v) is 3.16. The maximum atomic E-state index is 11.3. The summed E-state index contributed by atoms with van der Waals surface area (Å²) in [7, 11) is 1.96. The molecular formula is C13H24N2O2. The van der Waals surface area contributed by atoms with Gasteiger partial charge in [0.25, 0.3) is 0 Å². The van der Waals surface area contributed by atoms with Crippen LogP contribution in [0.1, 0.15) is 39.5 Å². The van der Waals surface area contributed by atoms with Gasteiger partial charge >= 0.3 is 5.97 Å². The van der Waals surface area contributed by atoms with E-state index in [0.29, 0.717) is 12.1 Å². The minimum Gasteiger partial charge on any atom is -0.480 e. The van der Waals surface area contributed by atoms with Gasteiger partial charge in [-0.25, -0.2) is 0 Å². The highest BCUT2D eigenvalue weighted by Crippen LogP contribution is 2.31. The van der Waals surface area contributed by atoms with Gasteiger partial charge in [-0.05, 0) is 59.7 Å². The van der Waals surface area contributed by atoms with Crippen LogP contribution in [0.2, 0.25) is 0 Å². The van der Waals surface area contributed by atoms with Crippen molar-refractivity contribution < 1.29 is 9.90 Å². The number of hydrogen-bond donors (Lipinski definition) is 1. The maximum Gasteiger partial charge on any atom is 0.323 e. The molecule has 0 aliphatic carbocycles. The van der Waals surface area contributed by atoms with Crippen LogP contribution >= 0.6 is 0 Å². The molecule has 2 saturated heterocycles. The molecule has 0 spiro atoms. The summed E-state index contributed by atoms with van der Waals surface area (Å²) in [4.78, 5) is 15.9. The van der Waals surface area contributed by atoms with Crippen LogP contribution in [0.5, 0.6) is 0 Å². The van der Waals surface area contributed by atoms with Gasteiger partial charge in [0, 0.05) is 12.1 Å². The fourth-order valence-electron chi connectivity index (χ4n) is 3.16. The van der Waals surface area contributed by atoms with Gasteiger partial charge in [-0.3, -0.25) is 9.69 Å². The average molecular weight is 240 g/mol. The summed E-state index contributed by atoms with van der Waals surface area (Å²) in [5.41, 5.74) is -0.758. The van der Waals surface area contributed by atoms with Gasteiger partial charge in [0.1, 0.15) is 5.54 Å². The summed E-state index contributed by atoms with van der Waals surface area (Å²) in [5.74, 6) is -0.728. The Labute approximate surface area is 104 Å². The van der Waals surface area contributed by atoms with Gasteiger partial charge in [-0.15, -0.1) is 0 Å². The Morgan fingerprint density at radius 2 is 2.06 bits per heavy atom. The zero-order valence-electron chi connectivity index (χ0n) is 11.1. The molecule has 2 heterocycles. The number of carbonyl (C=O) groups is 1. The molecule has 0 saturated carbocycles. The smallest absolute Gasteiger partial charge is 0.323 e. The number of likely N-dealkylation sites (N-methyl/N-ethyl adjacent to an activating group) is 1. The maximum absolute atomic E-state index is 11.3. The van der Waals surface area contributed by atoms with Crippen molar-refractivity contribution >= 4 is 5.97 Å². The second-order valence-electron chi connectivity index (χ2n) is 5.99. The van der Waals surface area contributed by atoms with Crippen molar-refractivity contribution in [2.24, 2.45) is 0 Å². The van der Waals surface area contributed by atoms with Crippen molar-refractivity contribution in [2.75, 3.05) is 20.1 Å². The summed E-state index contributed by atoms with van der Waals surface area (Å²) in [5, 5.41) is 9.28. The van der Waals surface area contributed by atoms with E-state index >= 15 is 0 Å². The molecule has 0 bridgehead atoms. The Bertz CT molecular complexity index is 304. The van der Waals surface area contributed by atoms with Crippen LogP contribution in [0, 0.1) is 0 Å². The number of carboxylic acid groups (broad SMARTS) is 1. The molecule has 2 atom stereocenters. The van der Waals surface area contributed by atoms with Crippen LogP contribution in [0.4, 0.5) is 0 Å². The predicted molar refractivity (Wildman–Crippen MR) is 67.1 cm³/mol. The van der Waals surface area contributed by atoms with E-state index in [2.05, 4.69) is 9.80 Å². The monoisotopic (exact) mass is 240 g/mol. The first-order chi connectivity index (χ1) is 7.93. The van der Waals surface area contributed by atoms with Gasteiger partial charge in [-0.1, -0.05) is 0 Å². The first-order valence-corrected chi connectivity index (χ1v) is 6.63. The molecule has 2 aliphatic rings. The van der Waals surface area contributed by atoms with Crippen LogP contribution in [0.15, 0.2) is 0 Å². The zero-order chi connectivity index (χ0) is 12.6. The Morgan fingerprint density at radius 3 is 2.71 bits per heavy atom. The van der Waals surface area contributed by atoms with Gasteiger partial charge in [-0.2, -0.15) is 0 Å². The van der Waals surface area contributed by atoms with Gasteiger partial charge < -0.3 is 10.0 Å². The second kappa shape index (κ2) is 4.58. The van der Waals surface area contributed by atoms with Crippen LogP contribution in [0.25, 0.3) is 0 Å². The third kappa shape index (κ3) is 2.33. The molecule has 2 rings (SSSR count). The summed E-state index contributed by atoms with van der Waals surface area (Å²) >= 11 is 0. The molecule has 0 aromatic rings. The fraction of sp³-hybridized carbons (Fsp3) is 0.923. The Balaban J connectivity index is 2.01. The third-order valence-corrected chi connectivity index (χ3v) is 4.75. The van der Waals surface area contributed by atoms with E-state index < -0.39 is 11.5 Å². The highest BCUT2D eigenvalue weighted by atomic mass is 16.4. The Morgan fingerprint density at radius 1 is 1.35 bits per heavy atom. The van der Waals surface area contributed by atoms with E-state index in [1.165, 1.54) is 19.4 Å². The highest BCUT2D eigenvalue weighted by Gasteiger charge is 2.40. The van der Waals surface area contributed by atoms with Crippen LogP contribution in [-0.4, -0.2) is 58.6 Å². The molecule has 1 N–H and O–H groups in total. The lowest BCUT2D eigenvalue weighted by Gasteiger charge is -2.44. The van der Waals surface area contributed by atoms with E-state index in [9.17, 15) is 9.90 Å². The summed E-state index contributed by atoms with van der Waals surface area (Å²) < 4.78 is 0. The number of aliphatic carboxylic acids is 1. The molecule has 2 aliphatic heterocycles. The summed E-state index contributed by atoms with van der Waals surface area (Å²) in [6.07, 6.45) is 4.83. The SMILES string of the molecule is CN(C1CCN2CCCC2C1)C(C)(C)C(=O)O. The Hall–Kier alpha value is -0.610. The zero-order valence-corrected chi connectivity index (χ0v) is 11.1. The van der Waals surface area contributed by atoms with Gasteiger partial charge in [0.05, 0.1) is 0 Å². The Kier molecular flexibility index (Phi) is 3.46. The van der Waals surface area contributed by atoms with Crippen molar-refractivity contribution in [3.05, 3.63) is 0 Å². The molecule has 2 fully saturated rings.